The molecule has 2 aromatic carbocycles. The van der Waals surface area contributed by atoms with Crippen LogP contribution < -0.4 is 10.6 Å². The van der Waals surface area contributed by atoms with E-state index in [1.165, 1.54) is 0 Å². The van der Waals surface area contributed by atoms with Gasteiger partial charge in [-0.15, -0.1) is 0 Å². The summed E-state index contributed by atoms with van der Waals surface area (Å²) in [5, 5.41) is 5.81. The number of anilines is 1. The number of carbonyl (C=O) groups excluding carboxylic acids is 2. The van der Waals surface area contributed by atoms with Gasteiger partial charge >= 0.3 is 0 Å². The van der Waals surface area contributed by atoms with E-state index in [1.54, 1.807) is 17.0 Å². The molecule has 0 saturated heterocycles. The molecule has 2 heterocycles. The van der Waals surface area contributed by atoms with E-state index in [-0.39, 0.29) is 30.8 Å². The molecular weight excluding hydrogens is 328 g/mol. The number of nitrogens with zero attached hydrogens (tertiary/aromatic N) is 2. The molecule has 1 aliphatic rings. The van der Waals surface area contributed by atoms with Crippen molar-refractivity contribution in [1.82, 2.24) is 14.9 Å². The number of rotatable bonds is 4. The number of hydrogen-bond acceptors (Lipinski definition) is 3. The van der Waals surface area contributed by atoms with Crippen molar-refractivity contribution in [2.24, 2.45) is 0 Å². The summed E-state index contributed by atoms with van der Waals surface area (Å²) >= 11 is 0. The first-order valence-corrected chi connectivity index (χ1v) is 8.45. The first-order valence-electron chi connectivity index (χ1n) is 8.45. The summed E-state index contributed by atoms with van der Waals surface area (Å²) < 4.78 is 1.81. The van der Waals surface area contributed by atoms with Gasteiger partial charge in [-0.05, 0) is 11.6 Å². The van der Waals surface area contributed by atoms with Crippen LogP contribution in [-0.2, 0) is 16.1 Å². The van der Waals surface area contributed by atoms with Crippen LogP contribution in [0.1, 0.15) is 18.0 Å². The molecule has 1 aromatic heterocycles. The average molecular weight is 346 g/mol. The summed E-state index contributed by atoms with van der Waals surface area (Å²) in [5.74, 6) is 0.485. The van der Waals surface area contributed by atoms with E-state index < -0.39 is 0 Å². The number of carbonyl (C=O) groups is 2. The summed E-state index contributed by atoms with van der Waals surface area (Å²) in [6.07, 6.45) is 3.70. The number of amides is 2. The minimum Gasteiger partial charge on any atom is -0.347 e. The molecule has 0 aliphatic carbocycles. The zero-order valence-corrected chi connectivity index (χ0v) is 14.1. The van der Waals surface area contributed by atoms with Crippen molar-refractivity contribution in [3.8, 4) is 11.4 Å². The van der Waals surface area contributed by atoms with Gasteiger partial charge in [-0.2, -0.15) is 0 Å². The minimum atomic E-state index is -0.323. The molecule has 0 spiro atoms. The Hall–Kier alpha value is -3.41. The fraction of sp³-hybridized carbons (Fsp3) is 0.150. The van der Waals surface area contributed by atoms with Gasteiger partial charge in [-0.3, -0.25) is 9.59 Å². The van der Waals surface area contributed by atoms with Crippen molar-refractivity contribution < 1.29 is 9.59 Å². The number of hydrogen-bond donors (Lipinski definition) is 2. The Bertz CT molecular complexity index is 949. The predicted molar refractivity (Wildman–Crippen MR) is 98.2 cm³/mol. The van der Waals surface area contributed by atoms with Crippen molar-refractivity contribution in [3.63, 3.8) is 0 Å². The highest BCUT2D eigenvalue weighted by Gasteiger charge is 2.26. The van der Waals surface area contributed by atoms with Gasteiger partial charge in [0, 0.05) is 23.6 Å². The minimum absolute atomic E-state index is 0.0957. The van der Waals surface area contributed by atoms with Crippen LogP contribution in [0.4, 0.5) is 5.69 Å². The third-order valence-corrected chi connectivity index (χ3v) is 4.40. The molecule has 0 fully saturated rings. The summed E-state index contributed by atoms with van der Waals surface area (Å²) in [4.78, 5) is 28.8. The maximum atomic E-state index is 12.6. The zero-order valence-electron chi connectivity index (χ0n) is 14.1. The van der Waals surface area contributed by atoms with Crippen LogP contribution in [0.3, 0.4) is 0 Å². The van der Waals surface area contributed by atoms with Crippen LogP contribution in [-0.4, -0.2) is 21.4 Å². The molecule has 4 rings (SSSR count). The van der Waals surface area contributed by atoms with E-state index >= 15 is 0 Å². The molecule has 6 nitrogen and oxygen atoms in total. The predicted octanol–water partition coefficient (Wildman–Crippen LogP) is 2.75. The highest BCUT2D eigenvalue weighted by atomic mass is 16.2. The van der Waals surface area contributed by atoms with Crippen LogP contribution >= 0.6 is 0 Å². The molecule has 2 N–H and O–H groups in total. The number of nitrogens with one attached hydrogen (secondary N) is 2. The first-order chi connectivity index (χ1) is 12.7. The quantitative estimate of drug-likeness (QED) is 0.763. The van der Waals surface area contributed by atoms with Crippen LogP contribution in [0.2, 0.25) is 0 Å². The van der Waals surface area contributed by atoms with Crippen LogP contribution in [0, 0.1) is 0 Å². The molecule has 0 bridgehead atoms. The monoisotopic (exact) mass is 346 g/mol. The second-order valence-electron chi connectivity index (χ2n) is 6.20. The molecule has 2 amide bonds. The number of aromatic nitrogens is 2. The van der Waals surface area contributed by atoms with Crippen molar-refractivity contribution in [2.75, 3.05) is 5.32 Å². The second-order valence-corrected chi connectivity index (χ2v) is 6.20. The lowest BCUT2D eigenvalue weighted by molar-refractivity contribution is -0.123. The topological polar surface area (TPSA) is 76.0 Å². The lowest BCUT2D eigenvalue weighted by Crippen LogP contribution is -2.36. The second kappa shape index (κ2) is 6.84. The summed E-state index contributed by atoms with van der Waals surface area (Å²) in [5.41, 5.74) is 2.63. The largest absolute Gasteiger partial charge is 0.347 e. The third kappa shape index (κ3) is 3.21. The van der Waals surface area contributed by atoms with Crippen molar-refractivity contribution in [2.45, 2.75) is 19.0 Å². The van der Waals surface area contributed by atoms with E-state index in [4.69, 9.17) is 0 Å². The Morgan fingerprint density at radius 1 is 1.15 bits per heavy atom. The van der Waals surface area contributed by atoms with Gasteiger partial charge in [0.1, 0.15) is 12.4 Å². The maximum Gasteiger partial charge on any atom is 0.240 e. The standard InChI is InChI=1S/C20H18N4O2/c25-18-12-17(15-8-4-5-9-16(15)22-18)23-19(26)13-24-11-10-21-20(24)14-6-2-1-3-7-14/h1-11,17H,12-13H2,(H,22,25)(H,23,26). The summed E-state index contributed by atoms with van der Waals surface area (Å²) in [6, 6.07) is 16.9. The zero-order chi connectivity index (χ0) is 17.9. The normalized spacial score (nSPS) is 15.8. The number of imidazole rings is 1. The fourth-order valence-corrected chi connectivity index (χ4v) is 3.22. The van der Waals surface area contributed by atoms with Gasteiger partial charge in [-0.1, -0.05) is 48.5 Å². The van der Waals surface area contributed by atoms with Gasteiger partial charge in [0.2, 0.25) is 11.8 Å². The molecule has 1 atom stereocenters. The first kappa shape index (κ1) is 16.1. The molecule has 1 unspecified atom stereocenters. The maximum absolute atomic E-state index is 12.6. The fourth-order valence-electron chi connectivity index (χ4n) is 3.22. The molecule has 130 valence electrons. The average Bonchev–Trinajstić information content (AvgIpc) is 3.10. The lowest BCUT2D eigenvalue weighted by atomic mass is 9.97. The Balaban J connectivity index is 1.51. The van der Waals surface area contributed by atoms with Gasteiger partial charge in [0.05, 0.1) is 12.5 Å². The van der Waals surface area contributed by atoms with Gasteiger partial charge in [0.15, 0.2) is 0 Å². The summed E-state index contributed by atoms with van der Waals surface area (Å²) in [7, 11) is 0. The van der Waals surface area contributed by atoms with Gasteiger partial charge in [-0.25, -0.2) is 4.98 Å². The van der Waals surface area contributed by atoms with E-state index in [0.717, 1.165) is 22.6 Å². The molecule has 1 aliphatic heterocycles. The Kier molecular flexibility index (Phi) is 4.23. The van der Waals surface area contributed by atoms with Crippen LogP contribution in [0.25, 0.3) is 11.4 Å². The molecule has 6 heteroatoms. The Labute approximate surface area is 150 Å². The Morgan fingerprint density at radius 3 is 2.77 bits per heavy atom. The third-order valence-electron chi connectivity index (χ3n) is 4.40. The SMILES string of the molecule is O=C1CC(NC(=O)Cn2ccnc2-c2ccccc2)c2ccccc2N1. The number of fused-ring (bicyclic) bond motifs is 1. The highest BCUT2D eigenvalue weighted by Crippen LogP contribution is 2.30. The van der Waals surface area contributed by atoms with Gasteiger partial charge < -0.3 is 15.2 Å². The molecule has 0 saturated carbocycles. The van der Waals surface area contributed by atoms with E-state index in [2.05, 4.69) is 15.6 Å². The van der Waals surface area contributed by atoms with E-state index in [9.17, 15) is 9.59 Å². The van der Waals surface area contributed by atoms with Gasteiger partial charge in [0.25, 0.3) is 0 Å². The van der Waals surface area contributed by atoms with E-state index in [0.29, 0.717) is 0 Å². The number of para-hydroxylation sites is 1. The summed E-state index contributed by atoms with van der Waals surface area (Å²) in [6.45, 7) is 0.143. The van der Waals surface area contributed by atoms with Crippen LogP contribution in [0.15, 0.2) is 67.0 Å². The smallest absolute Gasteiger partial charge is 0.240 e. The molecule has 0 radical (unpaired) electrons. The van der Waals surface area contributed by atoms with Crippen molar-refractivity contribution in [3.05, 3.63) is 72.6 Å². The Morgan fingerprint density at radius 2 is 1.92 bits per heavy atom. The highest BCUT2D eigenvalue weighted by molar-refractivity contribution is 5.95. The number of benzene rings is 2. The van der Waals surface area contributed by atoms with Crippen molar-refractivity contribution >= 4 is 17.5 Å². The van der Waals surface area contributed by atoms with E-state index in [1.807, 2.05) is 54.6 Å². The lowest BCUT2D eigenvalue weighted by Gasteiger charge is -2.26. The molecule has 26 heavy (non-hydrogen) atoms. The van der Waals surface area contributed by atoms with Crippen LogP contribution in [0.5, 0.6) is 0 Å². The molecule has 3 aromatic rings. The molecular formula is C20H18N4O2. The van der Waals surface area contributed by atoms with Crippen molar-refractivity contribution in [1.29, 1.82) is 0 Å².